The van der Waals surface area contributed by atoms with Crippen molar-refractivity contribution in [2.45, 2.75) is 63.4 Å². The highest BCUT2D eigenvalue weighted by Gasteiger charge is 2.56. The number of aromatic nitrogens is 2. The first-order valence-electron chi connectivity index (χ1n) is 11.7. The maximum absolute atomic E-state index is 12.4. The molecule has 0 saturated carbocycles. The van der Waals surface area contributed by atoms with Crippen molar-refractivity contribution in [1.29, 1.82) is 0 Å². The van der Waals surface area contributed by atoms with E-state index < -0.39 is 60.5 Å². The molecule has 1 aromatic heterocycles. The summed E-state index contributed by atoms with van der Waals surface area (Å²) in [5, 5.41) is 25.1. The van der Waals surface area contributed by atoms with Crippen LogP contribution in [0.25, 0.3) is 0 Å². The van der Waals surface area contributed by atoms with Gasteiger partial charge in [-0.1, -0.05) is 18.2 Å². The molecule has 0 radical (unpaired) electrons. The van der Waals surface area contributed by atoms with Crippen LogP contribution >= 0.6 is 6.64 Å². The molecule has 2 heterocycles. The van der Waals surface area contributed by atoms with Crippen LogP contribution in [0.5, 0.6) is 5.75 Å². The number of esters is 1. The van der Waals surface area contributed by atoms with E-state index in [4.69, 9.17) is 36.8 Å². The molecule has 1 saturated heterocycles. The Kier molecular flexibility index (Phi) is 9.67. The number of carbonyl (C=O) groups is 1. The molecule has 6 unspecified atom stereocenters. The molecule has 1 aliphatic heterocycles. The fraction of sp³-hybridized carbons (Fsp3) is 0.458. The molecule has 2 aromatic rings. The zero-order valence-corrected chi connectivity index (χ0v) is 22.7. The monoisotopic (exact) mass is 567 g/mol. The van der Waals surface area contributed by atoms with Gasteiger partial charge in [-0.05, 0) is 44.7 Å². The van der Waals surface area contributed by atoms with Gasteiger partial charge in [0.2, 0.25) is 0 Å². The molecule has 4 N–H and O–H groups in total. The lowest BCUT2D eigenvalue weighted by Gasteiger charge is -2.30. The van der Waals surface area contributed by atoms with Gasteiger partial charge in [-0.25, -0.2) is 9.88 Å². The topological polar surface area (TPSA) is 161 Å². The Bertz CT molecular complexity index is 1330. The van der Waals surface area contributed by atoms with Gasteiger partial charge in [-0.3, -0.25) is 19.1 Å². The number of para-hydroxylation sites is 1. The zero-order valence-electron chi connectivity index (χ0n) is 21.0. The number of carbonyl (C=O) groups excluding carboxylic acids is 1. The SMILES string of the molecule is C#CCC1(O)C(O)C(COP(=S)(NC(C)C(=O)OC(C)C)Oc2ccccc2)OC1n1ccc(=O)[nH]c1=O. The third kappa shape index (κ3) is 6.98. The normalized spacial score (nSPS) is 25.3. The third-order valence-corrected chi connectivity index (χ3v) is 8.02. The summed E-state index contributed by atoms with van der Waals surface area (Å²) in [5.41, 5.74) is -3.63. The molecule has 6 atom stereocenters. The average Bonchev–Trinajstić information content (AvgIpc) is 3.08. The quantitative estimate of drug-likeness (QED) is 0.173. The van der Waals surface area contributed by atoms with E-state index in [0.717, 1.165) is 16.8 Å². The van der Waals surface area contributed by atoms with Crippen LogP contribution in [0.15, 0.2) is 52.2 Å². The fourth-order valence-corrected chi connectivity index (χ4v) is 6.15. The van der Waals surface area contributed by atoms with E-state index in [0.29, 0.717) is 5.75 Å². The number of aliphatic hydroxyl groups excluding tert-OH is 1. The van der Waals surface area contributed by atoms with E-state index >= 15 is 0 Å². The molecule has 0 bridgehead atoms. The number of H-pyrrole nitrogens is 1. The lowest BCUT2D eigenvalue weighted by atomic mass is 9.91. The van der Waals surface area contributed by atoms with Crippen molar-refractivity contribution in [3.8, 4) is 18.1 Å². The Balaban J connectivity index is 1.85. The Morgan fingerprint density at radius 2 is 2.00 bits per heavy atom. The summed E-state index contributed by atoms with van der Waals surface area (Å²) < 4.78 is 23.8. The minimum absolute atomic E-state index is 0.357. The van der Waals surface area contributed by atoms with Gasteiger partial charge in [-0.15, -0.1) is 12.3 Å². The number of rotatable bonds is 11. The highest BCUT2D eigenvalue weighted by Crippen LogP contribution is 2.47. The van der Waals surface area contributed by atoms with Crippen LogP contribution in [0.1, 0.15) is 33.4 Å². The molecule has 12 nitrogen and oxygen atoms in total. The molecule has 0 amide bonds. The fourth-order valence-electron chi connectivity index (χ4n) is 3.74. The van der Waals surface area contributed by atoms with E-state index in [2.05, 4.69) is 16.0 Å². The maximum atomic E-state index is 12.4. The minimum Gasteiger partial charge on any atom is -0.462 e. The molecule has 3 rings (SSSR count). The second-order valence-electron chi connectivity index (χ2n) is 8.90. The van der Waals surface area contributed by atoms with Crippen LogP contribution in [-0.2, 0) is 30.6 Å². The van der Waals surface area contributed by atoms with Crippen molar-refractivity contribution in [3.05, 3.63) is 63.4 Å². The number of nitrogens with zero attached hydrogens (tertiary/aromatic N) is 1. The summed E-state index contributed by atoms with van der Waals surface area (Å²) in [6.45, 7) is 1.05. The first-order chi connectivity index (χ1) is 17.9. The number of aliphatic hydroxyl groups is 2. The molecule has 0 spiro atoms. The van der Waals surface area contributed by atoms with Crippen LogP contribution in [-0.4, -0.2) is 62.3 Å². The lowest BCUT2D eigenvalue weighted by Crippen LogP contribution is -2.49. The summed E-state index contributed by atoms with van der Waals surface area (Å²) in [6.07, 6.45) is 1.50. The first kappa shape index (κ1) is 29.7. The Morgan fingerprint density at radius 3 is 2.61 bits per heavy atom. The molecule has 14 heteroatoms. The largest absolute Gasteiger partial charge is 0.462 e. The smallest absolute Gasteiger partial charge is 0.330 e. The molecule has 1 fully saturated rings. The van der Waals surface area contributed by atoms with Crippen molar-refractivity contribution < 1.29 is 33.5 Å². The van der Waals surface area contributed by atoms with E-state index in [1.807, 2.05) is 0 Å². The summed E-state index contributed by atoms with van der Waals surface area (Å²) in [6, 6.07) is 8.67. The number of benzene rings is 1. The summed E-state index contributed by atoms with van der Waals surface area (Å²) >= 11 is 5.65. The van der Waals surface area contributed by atoms with E-state index in [1.54, 1.807) is 44.2 Å². The molecular weight excluding hydrogens is 537 g/mol. The predicted octanol–water partition coefficient (Wildman–Crippen LogP) is 0.799. The highest BCUT2D eigenvalue weighted by atomic mass is 32.5. The number of hydrogen-bond acceptors (Lipinski definition) is 10. The van der Waals surface area contributed by atoms with Crippen LogP contribution < -0.4 is 20.9 Å². The summed E-state index contributed by atoms with van der Waals surface area (Å²) in [4.78, 5) is 38.4. The van der Waals surface area contributed by atoms with Gasteiger partial charge >= 0.3 is 18.3 Å². The Hall–Kier alpha value is -2.82. The van der Waals surface area contributed by atoms with Crippen molar-refractivity contribution in [2.24, 2.45) is 0 Å². The standard InChI is InChI=1S/C24H30N3O9PS/c1-5-12-24(32)20(29)18(35-22(24)27-13-11-19(28)25-23(27)31)14-33-37(38,36-17-9-7-6-8-10-17)26-16(4)21(30)34-15(2)3/h1,6-11,13,15-16,18,20,22,29,32H,12,14H2,2-4H3,(H,26,38)(H,25,28,31). The first-order valence-corrected chi connectivity index (χ1v) is 14.3. The van der Waals surface area contributed by atoms with Crippen LogP contribution in [0.3, 0.4) is 0 Å². The number of nitrogens with one attached hydrogen (secondary N) is 2. The molecule has 1 aliphatic rings. The van der Waals surface area contributed by atoms with Crippen molar-refractivity contribution in [3.63, 3.8) is 0 Å². The second kappa shape index (κ2) is 12.4. The zero-order chi connectivity index (χ0) is 28.1. The maximum Gasteiger partial charge on any atom is 0.330 e. The van der Waals surface area contributed by atoms with Crippen LogP contribution in [0, 0.1) is 12.3 Å². The number of aromatic amines is 1. The summed E-state index contributed by atoms with van der Waals surface area (Å²) in [7, 11) is 0. The van der Waals surface area contributed by atoms with Gasteiger partial charge in [-0.2, -0.15) is 0 Å². The van der Waals surface area contributed by atoms with Gasteiger partial charge in [0.1, 0.15) is 29.6 Å². The van der Waals surface area contributed by atoms with Crippen molar-refractivity contribution in [2.75, 3.05) is 6.61 Å². The van der Waals surface area contributed by atoms with Gasteiger partial charge in [0.15, 0.2) is 6.23 Å². The number of terminal acetylenes is 1. The van der Waals surface area contributed by atoms with Crippen LogP contribution in [0.4, 0.5) is 0 Å². The molecule has 206 valence electrons. The van der Waals surface area contributed by atoms with Gasteiger partial charge in [0.25, 0.3) is 5.56 Å². The molecular formula is C24H30N3O9PS. The van der Waals surface area contributed by atoms with Crippen molar-refractivity contribution >= 4 is 24.4 Å². The summed E-state index contributed by atoms with van der Waals surface area (Å²) in [5.74, 6) is 2.06. The second-order valence-corrected chi connectivity index (χ2v) is 12.0. The van der Waals surface area contributed by atoms with E-state index in [-0.39, 0.29) is 12.5 Å². The molecule has 1 aromatic carbocycles. The van der Waals surface area contributed by atoms with E-state index in [9.17, 15) is 24.6 Å². The lowest BCUT2D eigenvalue weighted by molar-refractivity contribution is -0.149. The van der Waals surface area contributed by atoms with Gasteiger partial charge in [0.05, 0.1) is 12.7 Å². The predicted molar refractivity (Wildman–Crippen MR) is 141 cm³/mol. The number of ether oxygens (including phenoxy) is 2. The molecule has 38 heavy (non-hydrogen) atoms. The highest BCUT2D eigenvalue weighted by molar-refractivity contribution is 8.09. The van der Waals surface area contributed by atoms with Gasteiger partial charge in [0, 0.05) is 18.7 Å². The van der Waals surface area contributed by atoms with E-state index in [1.165, 1.54) is 6.92 Å². The van der Waals surface area contributed by atoms with Crippen LogP contribution in [0.2, 0.25) is 0 Å². The molecule has 0 aliphatic carbocycles. The Morgan fingerprint density at radius 1 is 1.32 bits per heavy atom. The third-order valence-electron chi connectivity index (χ3n) is 5.52. The Labute approximate surface area is 224 Å². The van der Waals surface area contributed by atoms with Crippen molar-refractivity contribution in [1.82, 2.24) is 14.6 Å². The number of hydrogen-bond donors (Lipinski definition) is 4. The minimum atomic E-state index is -3.49. The van der Waals surface area contributed by atoms with Gasteiger partial charge < -0.3 is 28.7 Å². The average molecular weight is 568 g/mol.